The maximum atomic E-state index is 13.0. The van der Waals surface area contributed by atoms with Gasteiger partial charge in [-0.15, -0.1) is 0 Å². The number of aromatic nitrogens is 3. The van der Waals surface area contributed by atoms with Crippen LogP contribution in [-0.2, 0) is 10.0 Å². The number of rotatable bonds is 8. The highest BCUT2D eigenvalue weighted by Crippen LogP contribution is 2.28. The molecule has 3 N–H and O–H groups in total. The van der Waals surface area contributed by atoms with Gasteiger partial charge in [-0.05, 0) is 80.4 Å². The number of hydrogen-bond donors (Lipinski definition) is 3. The van der Waals surface area contributed by atoms with Crippen LogP contribution in [0.3, 0.4) is 0 Å². The molecule has 0 amide bonds. The Labute approximate surface area is 204 Å². The third-order valence-electron chi connectivity index (χ3n) is 5.37. The fourth-order valence-corrected chi connectivity index (χ4v) is 4.89. The molecule has 0 aliphatic heterocycles. The third kappa shape index (κ3) is 5.67. The number of nitrogens with one attached hydrogen (secondary N) is 3. The number of methoxy groups -OCH3 is 1. The Balaban J connectivity index is 1.48. The highest BCUT2D eigenvalue weighted by atomic mass is 32.2. The van der Waals surface area contributed by atoms with Crippen molar-refractivity contribution < 1.29 is 13.2 Å². The minimum absolute atomic E-state index is 0.211. The molecule has 0 saturated heterocycles. The van der Waals surface area contributed by atoms with Gasteiger partial charge in [0.2, 0.25) is 0 Å². The van der Waals surface area contributed by atoms with Gasteiger partial charge in [0.25, 0.3) is 10.0 Å². The Bertz CT molecular complexity index is 1440. The van der Waals surface area contributed by atoms with E-state index in [1.807, 2.05) is 25.1 Å². The molecule has 180 valence electrons. The second-order valence-electron chi connectivity index (χ2n) is 7.85. The van der Waals surface area contributed by atoms with Gasteiger partial charge in [-0.25, -0.2) is 23.4 Å². The van der Waals surface area contributed by atoms with Crippen LogP contribution in [0.25, 0.3) is 0 Å². The van der Waals surface area contributed by atoms with Crippen LogP contribution >= 0.6 is 0 Å². The highest BCUT2D eigenvalue weighted by molar-refractivity contribution is 7.92. The van der Waals surface area contributed by atoms with Crippen molar-refractivity contribution in [3.05, 3.63) is 83.8 Å². The van der Waals surface area contributed by atoms with Crippen molar-refractivity contribution in [2.45, 2.75) is 25.7 Å². The summed E-state index contributed by atoms with van der Waals surface area (Å²) in [6.07, 6.45) is 1.70. The summed E-state index contributed by atoms with van der Waals surface area (Å²) in [4.78, 5) is 13.3. The first kappa shape index (κ1) is 24.0. The molecular formula is C25H26N6O3S. The normalized spacial score (nSPS) is 11.1. The number of aryl methyl sites for hydroxylation is 1. The van der Waals surface area contributed by atoms with E-state index in [0.717, 1.165) is 11.3 Å². The van der Waals surface area contributed by atoms with Crippen molar-refractivity contribution in [3.8, 4) is 5.75 Å². The standard InChI is InChI=1S/C25H26N6O3S/c1-16-17(2)22(13-12-21(16)34-4)35(32,33)31-20-10-8-19(9-11-20)29-24-15-25(28-18(3)27-24)30-23-7-5-6-14-26-23/h5-15,31H,1-4H3,(H2,26,27,28,29,30). The van der Waals surface area contributed by atoms with Crippen LogP contribution in [0.15, 0.2) is 71.8 Å². The largest absolute Gasteiger partial charge is 0.496 e. The first-order valence-corrected chi connectivity index (χ1v) is 12.3. The lowest BCUT2D eigenvalue weighted by Crippen LogP contribution is -2.15. The Hall–Kier alpha value is -4.18. The number of anilines is 5. The van der Waals surface area contributed by atoms with Crippen molar-refractivity contribution in [2.24, 2.45) is 0 Å². The van der Waals surface area contributed by atoms with E-state index in [1.165, 1.54) is 0 Å². The fourth-order valence-electron chi connectivity index (χ4n) is 3.53. The number of hydrogen-bond acceptors (Lipinski definition) is 8. The van der Waals surface area contributed by atoms with Crippen LogP contribution in [0.5, 0.6) is 5.75 Å². The van der Waals surface area contributed by atoms with Crippen LogP contribution in [0.2, 0.25) is 0 Å². The summed E-state index contributed by atoms with van der Waals surface area (Å²) in [6.45, 7) is 5.40. The van der Waals surface area contributed by atoms with Gasteiger partial charge in [0.1, 0.15) is 29.0 Å². The van der Waals surface area contributed by atoms with Crippen molar-refractivity contribution >= 4 is 38.9 Å². The summed E-state index contributed by atoms with van der Waals surface area (Å²) in [7, 11) is -2.21. The second kappa shape index (κ2) is 9.98. The summed E-state index contributed by atoms with van der Waals surface area (Å²) in [6, 6.07) is 17.5. The molecule has 35 heavy (non-hydrogen) atoms. The van der Waals surface area contributed by atoms with E-state index in [4.69, 9.17) is 4.74 Å². The molecule has 0 saturated carbocycles. The predicted octanol–water partition coefficient (Wildman–Crippen LogP) is 5.09. The van der Waals surface area contributed by atoms with Crippen molar-refractivity contribution in [1.29, 1.82) is 0 Å². The van der Waals surface area contributed by atoms with Gasteiger partial charge in [0, 0.05) is 23.6 Å². The molecule has 10 heteroatoms. The third-order valence-corrected chi connectivity index (χ3v) is 6.89. The maximum Gasteiger partial charge on any atom is 0.262 e. The van der Waals surface area contributed by atoms with Crippen molar-refractivity contribution in [3.63, 3.8) is 0 Å². The molecule has 0 radical (unpaired) electrons. The lowest BCUT2D eigenvalue weighted by atomic mass is 10.1. The molecule has 2 aromatic carbocycles. The van der Waals surface area contributed by atoms with Crippen LogP contribution in [0.4, 0.5) is 28.8 Å². The van der Waals surface area contributed by atoms with E-state index >= 15 is 0 Å². The molecule has 0 aliphatic rings. The SMILES string of the molecule is COc1ccc(S(=O)(=O)Nc2ccc(Nc3cc(Nc4ccccn4)nc(C)n3)cc2)c(C)c1C. The molecule has 2 heterocycles. The Morgan fingerprint density at radius 2 is 1.46 bits per heavy atom. The molecule has 9 nitrogen and oxygen atoms in total. The zero-order valence-electron chi connectivity index (χ0n) is 19.8. The lowest BCUT2D eigenvalue weighted by molar-refractivity contribution is 0.411. The second-order valence-corrected chi connectivity index (χ2v) is 9.50. The van der Waals surface area contributed by atoms with Crippen LogP contribution in [-0.4, -0.2) is 30.5 Å². The number of nitrogens with zero attached hydrogens (tertiary/aromatic N) is 3. The van der Waals surface area contributed by atoms with Gasteiger partial charge < -0.3 is 15.4 Å². The highest BCUT2D eigenvalue weighted by Gasteiger charge is 2.19. The van der Waals surface area contributed by atoms with Crippen molar-refractivity contribution in [1.82, 2.24) is 15.0 Å². The van der Waals surface area contributed by atoms with E-state index in [9.17, 15) is 8.42 Å². The molecule has 0 spiro atoms. The number of pyridine rings is 1. The van der Waals surface area contributed by atoms with Crippen LogP contribution in [0, 0.1) is 20.8 Å². The lowest BCUT2D eigenvalue weighted by Gasteiger charge is -2.15. The Morgan fingerprint density at radius 1 is 0.771 bits per heavy atom. The quantitative estimate of drug-likeness (QED) is 0.312. The van der Waals surface area contributed by atoms with Crippen LogP contribution in [0.1, 0.15) is 17.0 Å². The fraction of sp³-hybridized carbons (Fsp3) is 0.160. The summed E-state index contributed by atoms with van der Waals surface area (Å²) in [5.41, 5.74) is 2.61. The van der Waals surface area contributed by atoms with Gasteiger partial charge in [0.05, 0.1) is 12.0 Å². The van der Waals surface area contributed by atoms with E-state index < -0.39 is 10.0 Å². The minimum atomic E-state index is -3.76. The molecule has 0 fully saturated rings. The summed E-state index contributed by atoms with van der Waals surface area (Å²) in [5, 5.41) is 6.37. The van der Waals surface area contributed by atoms with Gasteiger partial charge >= 0.3 is 0 Å². The topological polar surface area (TPSA) is 118 Å². The van der Waals surface area contributed by atoms with E-state index in [0.29, 0.717) is 40.3 Å². The van der Waals surface area contributed by atoms with Crippen LogP contribution < -0.4 is 20.1 Å². The molecule has 4 rings (SSSR count). The van der Waals surface area contributed by atoms with Crippen molar-refractivity contribution in [2.75, 3.05) is 22.5 Å². The average molecular weight is 491 g/mol. The smallest absolute Gasteiger partial charge is 0.262 e. The molecule has 2 aromatic heterocycles. The first-order valence-electron chi connectivity index (χ1n) is 10.8. The molecule has 0 unspecified atom stereocenters. The van der Waals surface area contributed by atoms with Gasteiger partial charge in [-0.3, -0.25) is 4.72 Å². The number of ether oxygens (including phenoxy) is 1. The predicted molar refractivity (Wildman–Crippen MR) is 137 cm³/mol. The summed E-state index contributed by atoms with van der Waals surface area (Å²) < 4.78 is 33.9. The Morgan fingerprint density at radius 3 is 2.11 bits per heavy atom. The first-order chi connectivity index (χ1) is 16.7. The number of sulfonamides is 1. The molecule has 4 aromatic rings. The maximum absolute atomic E-state index is 13.0. The van der Waals surface area contributed by atoms with Gasteiger partial charge in [-0.2, -0.15) is 0 Å². The number of benzene rings is 2. The van der Waals surface area contributed by atoms with Gasteiger partial charge in [-0.1, -0.05) is 6.07 Å². The molecule has 0 bridgehead atoms. The van der Waals surface area contributed by atoms with E-state index in [2.05, 4.69) is 30.3 Å². The zero-order chi connectivity index (χ0) is 25.0. The van der Waals surface area contributed by atoms with E-state index in [-0.39, 0.29) is 4.90 Å². The molecule has 0 atom stereocenters. The summed E-state index contributed by atoms with van der Waals surface area (Å²) >= 11 is 0. The molecule has 0 aliphatic carbocycles. The van der Waals surface area contributed by atoms with E-state index in [1.54, 1.807) is 69.6 Å². The monoisotopic (exact) mass is 490 g/mol. The molecular weight excluding hydrogens is 464 g/mol. The van der Waals surface area contributed by atoms with Gasteiger partial charge in [0.15, 0.2) is 0 Å². The minimum Gasteiger partial charge on any atom is -0.496 e. The average Bonchev–Trinajstić information content (AvgIpc) is 2.82. The Kier molecular flexibility index (Phi) is 6.83. The zero-order valence-corrected chi connectivity index (χ0v) is 20.6. The summed E-state index contributed by atoms with van der Waals surface area (Å²) in [5.74, 6) is 3.11.